The van der Waals surface area contributed by atoms with Crippen LogP contribution in [-0.4, -0.2) is 12.1 Å². The lowest BCUT2D eigenvalue weighted by Crippen LogP contribution is -2.34. The highest BCUT2D eigenvalue weighted by atomic mass is 79.9. The van der Waals surface area contributed by atoms with Gasteiger partial charge in [0.2, 0.25) is 0 Å². The van der Waals surface area contributed by atoms with Crippen LogP contribution in [0.4, 0.5) is 10.1 Å². The van der Waals surface area contributed by atoms with Gasteiger partial charge in [-0.3, -0.25) is 0 Å². The van der Waals surface area contributed by atoms with Gasteiger partial charge in [0.15, 0.2) is 5.82 Å². The van der Waals surface area contributed by atoms with E-state index >= 15 is 0 Å². The van der Waals surface area contributed by atoms with E-state index in [0.29, 0.717) is 28.8 Å². The second kappa shape index (κ2) is 5.57. The van der Waals surface area contributed by atoms with Crippen LogP contribution in [0.5, 0.6) is 0 Å². The summed E-state index contributed by atoms with van der Waals surface area (Å²) in [4.78, 5) is 2.22. The summed E-state index contributed by atoms with van der Waals surface area (Å²) in [6.07, 6.45) is 3.33. The minimum atomic E-state index is -0.176. The highest BCUT2D eigenvalue weighted by Crippen LogP contribution is 2.36. The molecule has 0 aromatic heterocycles. The fourth-order valence-electron chi connectivity index (χ4n) is 2.84. The molecule has 0 bridgehead atoms. The molecule has 1 aromatic carbocycles. The van der Waals surface area contributed by atoms with Crippen LogP contribution in [0.2, 0.25) is 0 Å². The van der Waals surface area contributed by atoms with Gasteiger partial charge in [0.1, 0.15) is 0 Å². The van der Waals surface area contributed by atoms with Gasteiger partial charge in [-0.15, -0.1) is 0 Å². The molecule has 1 aliphatic rings. The summed E-state index contributed by atoms with van der Waals surface area (Å²) in [5.41, 5.74) is 7.11. The topological polar surface area (TPSA) is 29.3 Å². The normalized spacial score (nSPS) is 23.7. The smallest absolute Gasteiger partial charge is 0.160 e. The number of nitrogens with two attached hydrogens (primary N) is 1. The van der Waals surface area contributed by atoms with Crippen molar-refractivity contribution in [2.24, 2.45) is 5.73 Å². The molecule has 0 radical (unpaired) electrons. The van der Waals surface area contributed by atoms with Gasteiger partial charge in [-0.2, -0.15) is 0 Å². The van der Waals surface area contributed by atoms with Crippen molar-refractivity contribution in [3.63, 3.8) is 0 Å². The molecule has 1 heterocycles. The number of hydrogen-bond donors (Lipinski definition) is 1. The summed E-state index contributed by atoms with van der Waals surface area (Å²) >= 11 is 3.32. The predicted octanol–water partition coefficient (Wildman–Crippen LogP) is 3.81. The second-order valence-electron chi connectivity index (χ2n) is 4.97. The monoisotopic (exact) mass is 314 g/mol. The maximum atomic E-state index is 14.4. The number of rotatable bonds is 3. The van der Waals surface area contributed by atoms with Gasteiger partial charge in [-0.1, -0.05) is 13.0 Å². The molecular formula is C14H20BrFN2. The Morgan fingerprint density at radius 3 is 2.78 bits per heavy atom. The number of anilines is 1. The first-order valence-corrected chi connectivity index (χ1v) is 7.34. The molecule has 4 heteroatoms. The molecular weight excluding hydrogens is 295 g/mol. The van der Waals surface area contributed by atoms with E-state index in [4.69, 9.17) is 5.73 Å². The van der Waals surface area contributed by atoms with Crippen molar-refractivity contribution >= 4 is 21.6 Å². The van der Waals surface area contributed by atoms with Crippen LogP contribution >= 0.6 is 15.9 Å². The van der Waals surface area contributed by atoms with Crippen molar-refractivity contribution in [1.29, 1.82) is 0 Å². The van der Waals surface area contributed by atoms with Gasteiger partial charge in [0.25, 0.3) is 0 Å². The van der Waals surface area contributed by atoms with Crippen molar-refractivity contribution in [3.05, 3.63) is 28.0 Å². The lowest BCUT2D eigenvalue weighted by Gasteiger charge is -2.31. The Morgan fingerprint density at radius 2 is 2.17 bits per heavy atom. The molecule has 0 saturated carbocycles. The Hall–Kier alpha value is -0.610. The fourth-order valence-corrected chi connectivity index (χ4v) is 3.34. The SMILES string of the molecule is CCC1CCC(C)N1c1ccc(CN)c(Br)c1F. The van der Waals surface area contributed by atoms with Gasteiger partial charge >= 0.3 is 0 Å². The molecule has 1 saturated heterocycles. The molecule has 0 spiro atoms. The number of nitrogens with zero attached hydrogens (tertiary/aromatic N) is 1. The van der Waals surface area contributed by atoms with Gasteiger partial charge in [0, 0.05) is 18.6 Å². The molecule has 2 nitrogen and oxygen atoms in total. The van der Waals surface area contributed by atoms with Gasteiger partial charge < -0.3 is 10.6 Å². The molecule has 2 rings (SSSR count). The van der Waals surface area contributed by atoms with Crippen LogP contribution in [0.3, 0.4) is 0 Å². The van der Waals surface area contributed by atoms with Crippen molar-refractivity contribution in [2.75, 3.05) is 4.90 Å². The molecule has 2 atom stereocenters. The number of benzene rings is 1. The molecule has 0 aliphatic carbocycles. The first-order chi connectivity index (χ1) is 8.60. The maximum absolute atomic E-state index is 14.4. The van der Waals surface area contributed by atoms with E-state index < -0.39 is 0 Å². The van der Waals surface area contributed by atoms with E-state index in [0.717, 1.165) is 24.8 Å². The Morgan fingerprint density at radius 1 is 1.44 bits per heavy atom. The van der Waals surface area contributed by atoms with Gasteiger partial charge in [-0.05, 0) is 53.7 Å². The average Bonchev–Trinajstić information content (AvgIpc) is 2.74. The average molecular weight is 315 g/mol. The Labute approximate surface area is 116 Å². The van der Waals surface area contributed by atoms with Crippen LogP contribution in [-0.2, 0) is 6.54 Å². The predicted molar refractivity (Wildman–Crippen MR) is 77.2 cm³/mol. The zero-order valence-electron chi connectivity index (χ0n) is 10.9. The minimum absolute atomic E-state index is 0.176. The van der Waals surface area contributed by atoms with Crippen LogP contribution in [0.15, 0.2) is 16.6 Å². The van der Waals surface area contributed by atoms with E-state index in [-0.39, 0.29) is 5.82 Å². The summed E-state index contributed by atoms with van der Waals surface area (Å²) in [5.74, 6) is -0.176. The first kappa shape index (κ1) is 13.8. The molecule has 0 amide bonds. The third-order valence-corrected chi connectivity index (χ3v) is 4.75. The van der Waals surface area contributed by atoms with Crippen LogP contribution < -0.4 is 10.6 Å². The summed E-state index contributed by atoms with van der Waals surface area (Å²) in [7, 11) is 0. The molecule has 1 aliphatic heterocycles. The van der Waals surface area contributed by atoms with Crippen LogP contribution in [0, 0.1) is 5.82 Å². The molecule has 1 fully saturated rings. The van der Waals surface area contributed by atoms with Gasteiger partial charge in [0.05, 0.1) is 10.2 Å². The standard InChI is InChI=1S/C14H20BrFN2/c1-3-11-6-4-9(2)18(11)12-7-5-10(8-17)13(15)14(12)16/h5,7,9,11H,3-4,6,8,17H2,1-2H3. The Balaban J connectivity index is 2.41. The van der Waals surface area contributed by atoms with Crippen molar-refractivity contribution in [3.8, 4) is 0 Å². The van der Waals surface area contributed by atoms with Crippen LogP contribution in [0.1, 0.15) is 38.7 Å². The lowest BCUT2D eigenvalue weighted by molar-refractivity contribution is 0.576. The van der Waals surface area contributed by atoms with E-state index in [1.165, 1.54) is 0 Å². The minimum Gasteiger partial charge on any atom is -0.363 e. The first-order valence-electron chi connectivity index (χ1n) is 6.55. The van der Waals surface area contributed by atoms with E-state index in [2.05, 4.69) is 34.7 Å². The highest BCUT2D eigenvalue weighted by Gasteiger charge is 2.31. The third-order valence-electron chi connectivity index (χ3n) is 3.90. The molecule has 100 valence electrons. The van der Waals surface area contributed by atoms with Crippen LogP contribution in [0.25, 0.3) is 0 Å². The maximum Gasteiger partial charge on any atom is 0.160 e. The molecule has 18 heavy (non-hydrogen) atoms. The zero-order chi connectivity index (χ0) is 13.3. The summed E-state index contributed by atoms with van der Waals surface area (Å²) in [6, 6.07) is 4.64. The van der Waals surface area contributed by atoms with Gasteiger partial charge in [-0.25, -0.2) is 4.39 Å². The summed E-state index contributed by atoms with van der Waals surface area (Å²) in [5, 5.41) is 0. The van der Waals surface area contributed by atoms with E-state index in [1.807, 2.05) is 12.1 Å². The zero-order valence-corrected chi connectivity index (χ0v) is 12.5. The van der Waals surface area contributed by atoms with E-state index in [1.54, 1.807) is 0 Å². The summed E-state index contributed by atoms with van der Waals surface area (Å²) < 4.78 is 15.0. The summed E-state index contributed by atoms with van der Waals surface area (Å²) in [6.45, 7) is 4.68. The lowest BCUT2D eigenvalue weighted by atomic mass is 10.1. The molecule has 1 aromatic rings. The molecule has 2 unspecified atom stereocenters. The number of halogens is 2. The number of hydrogen-bond acceptors (Lipinski definition) is 2. The Kier molecular flexibility index (Phi) is 4.28. The molecule has 2 N–H and O–H groups in total. The Bertz CT molecular complexity index is 436. The largest absolute Gasteiger partial charge is 0.363 e. The fraction of sp³-hybridized carbons (Fsp3) is 0.571. The van der Waals surface area contributed by atoms with E-state index in [9.17, 15) is 4.39 Å². The third kappa shape index (κ3) is 2.28. The second-order valence-corrected chi connectivity index (χ2v) is 5.76. The van der Waals surface area contributed by atoms with Crippen molar-refractivity contribution in [2.45, 2.75) is 51.7 Å². The highest BCUT2D eigenvalue weighted by molar-refractivity contribution is 9.10. The van der Waals surface area contributed by atoms with Crippen molar-refractivity contribution in [1.82, 2.24) is 0 Å². The van der Waals surface area contributed by atoms with Crippen molar-refractivity contribution < 1.29 is 4.39 Å². The quantitative estimate of drug-likeness (QED) is 0.919.